The van der Waals surface area contributed by atoms with Gasteiger partial charge in [-0.3, -0.25) is 4.98 Å². The second kappa shape index (κ2) is 5.40. The SMILES string of the molecule is FC(F)(F)Oc1ccc2nccc(N3CCNCC3)c2c1. The molecule has 2 heterocycles. The molecular formula is C14H14F3N3O. The van der Waals surface area contributed by atoms with E-state index < -0.39 is 6.36 Å². The first-order valence-corrected chi connectivity index (χ1v) is 6.63. The Morgan fingerprint density at radius 1 is 1.14 bits per heavy atom. The number of hydrogen-bond acceptors (Lipinski definition) is 4. The van der Waals surface area contributed by atoms with Gasteiger partial charge in [0, 0.05) is 43.4 Å². The van der Waals surface area contributed by atoms with Gasteiger partial charge in [0.1, 0.15) is 5.75 Å². The van der Waals surface area contributed by atoms with Crippen LogP contribution in [-0.4, -0.2) is 37.5 Å². The number of rotatable bonds is 2. The number of ether oxygens (including phenoxy) is 1. The average molecular weight is 297 g/mol. The first kappa shape index (κ1) is 13.9. The molecule has 3 rings (SSSR count). The number of benzene rings is 1. The number of nitrogens with zero attached hydrogens (tertiary/aromatic N) is 2. The van der Waals surface area contributed by atoms with Crippen LogP contribution in [0.1, 0.15) is 0 Å². The zero-order valence-electron chi connectivity index (χ0n) is 11.2. The van der Waals surface area contributed by atoms with Crippen LogP contribution < -0.4 is 15.0 Å². The van der Waals surface area contributed by atoms with Crippen molar-refractivity contribution in [3.8, 4) is 5.75 Å². The fraction of sp³-hybridized carbons (Fsp3) is 0.357. The molecule has 1 N–H and O–H groups in total. The summed E-state index contributed by atoms with van der Waals surface area (Å²) in [5, 5.41) is 3.91. The summed E-state index contributed by atoms with van der Waals surface area (Å²) in [5.74, 6) is -0.223. The molecule has 1 aromatic heterocycles. The van der Waals surface area contributed by atoms with Crippen molar-refractivity contribution < 1.29 is 17.9 Å². The van der Waals surface area contributed by atoms with E-state index in [9.17, 15) is 13.2 Å². The maximum absolute atomic E-state index is 12.3. The first-order valence-electron chi connectivity index (χ1n) is 6.63. The Morgan fingerprint density at radius 2 is 1.90 bits per heavy atom. The van der Waals surface area contributed by atoms with Gasteiger partial charge >= 0.3 is 6.36 Å². The molecule has 1 aromatic carbocycles. The molecule has 0 bridgehead atoms. The van der Waals surface area contributed by atoms with Crippen molar-refractivity contribution in [2.45, 2.75) is 6.36 Å². The van der Waals surface area contributed by atoms with Crippen LogP contribution in [0.2, 0.25) is 0 Å². The van der Waals surface area contributed by atoms with Crippen molar-refractivity contribution in [3.63, 3.8) is 0 Å². The summed E-state index contributed by atoms with van der Waals surface area (Å²) in [6.07, 6.45) is -3.02. The molecule has 1 aliphatic rings. The number of pyridine rings is 1. The van der Waals surface area contributed by atoms with E-state index in [2.05, 4.69) is 19.9 Å². The van der Waals surface area contributed by atoms with Gasteiger partial charge in [-0.1, -0.05) is 0 Å². The zero-order valence-corrected chi connectivity index (χ0v) is 11.2. The van der Waals surface area contributed by atoms with Gasteiger partial charge in [-0.25, -0.2) is 0 Å². The largest absolute Gasteiger partial charge is 0.573 e. The molecule has 0 spiro atoms. The molecular weight excluding hydrogens is 283 g/mol. The van der Waals surface area contributed by atoms with Crippen LogP contribution in [0.5, 0.6) is 5.75 Å². The molecule has 1 saturated heterocycles. The van der Waals surface area contributed by atoms with Gasteiger partial charge in [0.05, 0.1) is 5.52 Å². The van der Waals surface area contributed by atoms with Gasteiger partial charge in [0.15, 0.2) is 0 Å². The number of piperazine rings is 1. The number of hydrogen-bond donors (Lipinski definition) is 1. The van der Waals surface area contributed by atoms with Crippen LogP contribution in [0.25, 0.3) is 10.9 Å². The Hall–Kier alpha value is -2.02. The van der Waals surface area contributed by atoms with Crippen LogP contribution in [0.15, 0.2) is 30.5 Å². The molecule has 0 unspecified atom stereocenters. The number of nitrogens with one attached hydrogen (secondary N) is 1. The molecule has 1 aliphatic heterocycles. The lowest BCUT2D eigenvalue weighted by molar-refractivity contribution is -0.274. The quantitative estimate of drug-likeness (QED) is 0.924. The predicted octanol–water partition coefficient (Wildman–Crippen LogP) is 2.54. The number of aromatic nitrogens is 1. The summed E-state index contributed by atoms with van der Waals surface area (Å²) in [4.78, 5) is 6.33. The monoisotopic (exact) mass is 297 g/mol. The number of fused-ring (bicyclic) bond motifs is 1. The summed E-state index contributed by atoms with van der Waals surface area (Å²) >= 11 is 0. The van der Waals surface area contributed by atoms with Gasteiger partial charge in [-0.15, -0.1) is 13.2 Å². The van der Waals surface area contributed by atoms with E-state index in [4.69, 9.17) is 0 Å². The smallest absolute Gasteiger partial charge is 0.406 e. The van der Waals surface area contributed by atoms with Crippen LogP contribution in [0, 0.1) is 0 Å². The number of alkyl halides is 3. The molecule has 0 atom stereocenters. The molecule has 21 heavy (non-hydrogen) atoms. The third-order valence-electron chi connectivity index (χ3n) is 3.38. The van der Waals surface area contributed by atoms with E-state index in [1.807, 2.05) is 6.07 Å². The molecule has 1 fully saturated rings. The summed E-state index contributed by atoms with van der Waals surface area (Å²) < 4.78 is 41.0. The molecule has 112 valence electrons. The summed E-state index contributed by atoms with van der Waals surface area (Å²) in [6, 6.07) is 6.05. The highest BCUT2D eigenvalue weighted by atomic mass is 19.4. The Balaban J connectivity index is 2.01. The van der Waals surface area contributed by atoms with Crippen molar-refractivity contribution in [1.29, 1.82) is 0 Å². The highest BCUT2D eigenvalue weighted by molar-refractivity contribution is 5.92. The number of anilines is 1. The van der Waals surface area contributed by atoms with Crippen molar-refractivity contribution in [2.24, 2.45) is 0 Å². The van der Waals surface area contributed by atoms with Crippen LogP contribution in [0.4, 0.5) is 18.9 Å². The Morgan fingerprint density at radius 3 is 2.62 bits per heavy atom. The maximum atomic E-state index is 12.3. The van der Waals surface area contributed by atoms with Crippen LogP contribution in [-0.2, 0) is 0 Å². The van der Waals surface area contributed by atoms with Crippen molar-refractivity contribution in [2.75, 3.05) is 31.1 Å². The lowest BCUT2D eigenvalue weighted by Crippen LogP contribution is -2.43. The molecule has 0 saturated carbocycles. The van der Waals surface area contributed by atoms with E-state index in [-0.39, 0.29) is 5.75 Å². The second-order valence-electron chi connectivity index (χ2n) is 4.79. The number of halogens is 3. The highest BCUT2D eigenvalue weighted by Gasteiger charge is 2.31. The van der Waals surface area contributed by atoms with E-state index in [1.165, 1.54) is 12.1 Å². The Bertz CT molecular complexity index is 639. The van der Waals surface area contributed by atoms with E-state index >= 15 is 0 Å². The van der Waals surface area contributed by atoms with Gasteiger partial charge < -0.3 is 15.0 Å². The molecule has 0 radical (unpaired) electrons. The minimum Gasteiger partial charge on any atom is -0.406 e. The Labute approximate surface area is 119 Å². The van der Waals surface area contributed by atoms with Gasteiger partial charge in [0.2, 0.25) is 0 Å². The minimum atomic E-state index is -4.69. The average Bonchev–Trinajstić information content (AvgIpc) is 2.46. The standard InChI is InChI=1S/C14H14F3N3O/c15-14(16,17)21-10-1-2-12-11(9-10)13(3-4-19-12)20-7-5-18-6-8-20/h1-4,9,18H,5-8H2. The summed E-state index contributed by atoms with van der Waals surface area (Å²) in [5.41, 5.74) is 1.54. The van der Waals surface area contributed by atoms with Crippen LogP contribution >= 0.6 is 0 Å². The van der Waals surface area contributed by atoms with Crippen molar-refractivity contribution in [3.05, 3.63) is 30.5 Å². The van der Waals surface area contributed by atoms with E-state index in [0.29, 0.717) is 10.9 Å². The lowest BCUT2D eigenvalue weighted by atomic mass is 10.1. The normalized spacial score (nSPS) is 16.2. The van der Waals surface area contributed by atoms with Crippen LogP contribution in [0.3, 0.4) is 0 Å². The molecule has 2 aromatic rings. The third kappa shape index (κ3) is 3.18. The summed E-state index contributed by atoms with van der Waals surface area (Å²) in [7, 11) is 0. The second-order valence-corrected chi connectivity index (χ2v) is 4.79. The first-order chi connectivity index (χ1) is 10.0. The molecule has 4 nitrogen and oxygen atoms in total. The van der Waals surface area contributed by atoms with E-state index in [1.54, 1.807) is 12.3 Å². The fourth-order valence-corrected chi connectivity index (χ4v) is 2.49. The molecule has 7 heteroatoms. The van der Waals surface area contributed by atoms with E-state index in [0.717, 1.165) is 31.9 Å². The fourth-order valence-electron chi connectivity index (χ4n) is 2.49. The lowest BCUT2D eigenvalue weighted by Gasteiger charge is -2.30. The molecule has 0 amide bonds. The Kier molecular flexibility index (Phi) is 3.59. The third-order valence-corrected chi connectivity index (χ3v) is 3.38. The van der Waals surface area contributed by atoms with Gasteiger partial charge in [-0.2, -0.15) is 0 Å². The predicted molar refractivity (Wildman–Crippen MR) is 73.5 cm³/mol. The molecule has 0 aliphatic carbocycles. The van der Waals surface area contributed by atoms with Gasteiger partial charge in [-0.05, 0) is 24.3 Å². The van der Waals surface area contributed by atoms with Crippen molar-refractivity contribution >= 4 is 16.6 Å². The van der Waals surface area contributed by atoms with Crippen molar-refractivity contribution in [1.82, 2.24) is 10.3 Å². The maximum Gasteiger partial charge on any atom is 0.573 e. The zero-order chi connectivity index (χ0) is 14.9. The van der Waals surface area contributed by atoms with Gasteiger partial charge in [0.25, 0.3) is 0 Å². The summed E-state index contributed by atoms with van der Waals surface area (Å²) in [6.45, 7) is 3.32. The highest BCUT2D eigenvalue weighted by Crippen LogP contribution is 2.31. The minimum absolute atomic E-state index is 0.223. The topological polar surface area (TPSA) is 37.4 Å².